The molecule has 2 aromatic carbocycles. The van der Waals surface area contributed by atoms with Gasteiger partial charge in [-0.05, 0) is 42.7 Å². The molecule has 0 aromatic heterocycles. The largest absolute Gasteiger partial charge is 0.479 e. The minimum Gasteiger partial charge on any atom is -0.479 e. The number of ether oxygens (including phenoxy) is 2. The van der Waals surface area contributed by atoms with Gasteiger partial charge >= 0.3 is 6.03 Å². The molecular formula is C21H25N3O3. The number of anilines is 1. The predicted molar refractivity (Wildman–Crippen MR) is 105 cm³/mol. The predicted octanol–water partition coefficient (Wildman–Crippen LogP) is 4.05. The Morgan fingerprint density at radius 3 is 2.52 bits per heavy atom. The van der Waals surface area contributed by atoms with Crippen LogP contribution in [0.3, 0.4) is 0 Å². The van der Waals surface area contributed by atoms with Crippen molar-refractivity contribution in [3.63, 3.8) is 0 Å². The summed E-state index contributed by atoms with van der Waals surface area (Å²) in [5.41, 5.74) is 1.76. The highest BCUT2D eigenvalue weighted by Gasteiger charge is 2.14. The first kappa shape index (κ1) is 20.3. The van der Waals surface area contributed by atoms with Gasteiger partial charge in [0.2, 0.25) is 0 Å². The van der Waals surface area contributed by atoms with Crippen LogP contribution in [0.2, 0.25) is 0 Å². The van der Waals surface area contributed by atoms with Crippen molar-refractivity contribution in [1.82, 2.24) is 4.90 Å². The van der Waals surface area contributed by atoms with Crippen molar-refractivity contribution in [2.24, 2.45) is 0 Å². The summed E-state index contributed by atoms with van der Waals surface area (Å²) in [7, 11) is 1.68. The highest BCUT2D eigenvalue weighted by Crippen LogP contribution is 2.17. The molecule has 0 aliphatic heterocycles. The molecule has 0 unspecified atom stereocenters. The molecule has 0 saturated carbocycles. The fraction of sp³-hybridized carbons (Fsp3) is 0.333. The van der Waals surface area contributed by atoms with Gasteiger partial charge in [0.05, 0.1) is 0 Å². The van der Waals surface area contributed by atoms with Crippen LogP contribution in [-0.4, -0.2) is 37.8 Å². The van der Waals surface area contributed by atoms with Gasteiger partial charge in [0.25, 0.3) is 0 Å². The zero-order chi connectivity index (χ0) is 19.3. The number of amides is 2. The van der Waals surface area contributed by atoms with Gasteiger partial charge in [-0.25, -0.2) is 4.79 Å². The van der Waals surface area contributed by atoms with Crippen LogP contribution in [0, 0.1) is 11.3 Å². The van der Waals surface area contributed by atoms with E-state index in [-0.39, 0.29) is 12.6 Å². The van der Waals surface area contributed by atoms with Crippen molar-refractivity contribution in [1.29, 1.82) is 5.26 Å². The molecule has 0 aliphatic rings. The molecule has 0 spiro atoms. The average Bonchev–Trinajstić information content (AvgIpc) is 2.70. The number of methoxy groups -OCH3 is 1. The summed E-state index contributed by atoms with van der Waals surface area (Å²) in [5, 5.41) is 11.5. The quantitative estimate of drug-likeness (QED) is 0.643. The van der Waals surface area contributed by atoms with E-state index in [9.17, 15) is 4.79 Å². The SMILES string of the molecule is COCCCCN(Cc1ccccc1)C(=O)Nc1ccc(OCC#N)cc1. The first-order chi connectivity index (χ1) is 13.2. The summed E-state index contributed by atoms with van der Waals surface area (Å²) in [5.74, 6) is 0.593. The molecule has 142 valence electrons. The molecular weight excluding hydrogens is 342 g/mol. The molecule has 0 atom stereocenters. The Balaban J connectivity index is 1.97. The van der Waals surface area contributed by atoms with E-state index in [1.54, 1.807) is 36.3 Å². The summed E-state index contributed by atoms with van der Waals surface area (Å²) < 4.78 is 10.3. The zero-order valence-electron chi connectivity index (χ0n) is 15.6. The van der Waals surface area contributed by atoms with Gasteiger partial charge in [-0.3, -0.25) is 0 Å². The van der Waals surface area contributed by atoms with Gasteiger partial charge < -0.3 is 19.7 Å². The van der Waals surface area contributed by atoms with Crippen molar-refractivity contribution < 1.29 is 14.3 Å². The fourth-order valence-corrected chi connectivity index (χ4v) is 2.56. The van der Waals surface area contributed by atoms with Gasteiger partial charge in [-0.15, -0.1) is 0 Å². The Hall–Kier alpha value is -3.04. The molecule has 0 radical (unpaired) electrons. The van der Waals surface area contributed by atoms with Crippen LogP contribution in [0.25, 0.3) is 0 Å². The van der Waals surface area contributed by atoms with Gasteiger partial charge in [-0.1, -0.05) is 30.3 Å². The van der Waals surface area contributed by atoms with E-state index in [2.05, 4.69) is 5.32 Å². The third kappa shape index (κ3) is 7.38. The average molecular weight is 367 g/mol. The molecule has 2 amide bonds. The standard InChI is InChI=1S/C21H25N3O3/c1-26-15-6-5-14-24(17-18-7-3-2-4-8-18)21(25)23-19-9-11-20(12-10-19)27-16-13-22/h2-4,7-12H,5-6,14-17H2,1H3,(H,23,25). The molecule has 0 bridgehead atoms. The number of carbonyl (C=O) groups excluding carboxylic acids is 1. The van der Waals surface area contributed by atoms with Crippen molar-refractivity contribution >= 4 is 11.7 Å². The molecule has 2 aromatic rings. The third-order valence-corrected chi connectivity index (χ3v) is 3.94. The van der Waals surface area contributed by atoms with Gasteiger partial charge in [0, 0.05) is 32.5 Å². The van der Waals surface area contributed by atoms with Gasteiger partial charge in [-0.2, -0.15) is 5.26 Å². The maximum atomic E-state index is 12.7. The number of nitriles is 1. The van der Waals surface area contributed by atoms with Crippen molar-refractivity contribution in [2.75, 3.05) is 32.2 Å². The molecule has 27 heavy (non-hydrogen) atoms. The van der Waals surface area contributed by atoms with Gasteiger partial charge in [0.15, 0.2) is 6.61 Å². The Kier molecular flexibility index (Phi) is 8.67. The number of urea groups is 1. The van der Waals surface area contributed by atoms with E-state index in [1.807, 2.05) is 36.4 Å². The number of benzene rings is 2. The molecule has 0 heterocycles. The van der Waals surface area contributed by atoms with E-state index < -0.39 is 0 Å². The Bertz CT molecular complexity index is 727. The topological polar surface area (TPSA) is 74.6 Å². The van der Waals surface area contributed by atoms with Crippen LogP contribution in [-0.2, 0) is 11.3 Å². The second-order valence-electron chi connectivity index (χ2n) is 6.01. The second kappa shape index (κ2) is 11.6. The summed E-state index contributed by atoms with van der Waals surface area (Å²) in [6.45, 7) is 1.87. The molecule has 6 nitrogen and oxygen atoms in total. The van der Waals surface area contributed by atoms with Crippen LogP contribution in [0.5, 0.6) is 5.75 Å². The zero-order valence-corrected chi connectivity index (χ0v) is 15.6. The van der Waals surface area contributed by atoms with Crippen LogP contribution in [0.1, 0.15) is 18.4 Å². The number of unbranched alkanes of at least 4 members (excludes halogenated alkanes) is 1. The molecule has 1 N–H and O–H groups in total. The minimum atomic E-state index is -0.151. The molecule has 0 fully saturated rings. The summed E-state index contributed by atoms with van der Waals surface area (Å²) in [6.07, 6.45) is 1.77. The van der Waals surface area contributed by atoms with Crippen LogP contribution < -0.4 is 10.1 Å². The molecule has 2 rings (SSSR count). The van der Waals surface area contributed by atoms with Gasteiger partial charge in [0.1, 0.15) is 11.8 Å². The highest BCUT2D eigenvalue weighted by molar-refractivity contribution is 5.89. The van der Waals surface area contributed by atoms with E-state index in [0.717, 1.165) is 18.4 Å². The highest BCUT2D eigenvalue weighted by atomic mass is 16.5. The van der Waals surface area contributed by atoms with Crippen molar-refractivity contribution in [3.05, 3.63) is 60.2 Å². The summed E-state index contributed by atoms with van der Waals surface area (Å²) >= 11 is 0. The van der Waals surface area contributed by atoms with E-state index in [0.29, 0.717) is 31.1 Å². The number of nitrogens with zero attached hydrogens (tertiary/aromatic N) is 2. The first-order valence-corrected chi connectivity index (χ1v) is 8.91. The Morgan fingerprint density at radius 1 is 1.11 bits per heavy atom. The van der Waals surface area contributed by atoms with Crippen LogP contribution >= 0.6 is 0 Å². The Morgan fingerprint density at radius 2 is 1.85 bits per heavy atom. The lowest BCUT2D eigenvalue weighted by molar-refractivity contribution is 0.182. The van der Waals surface area contributed by atoms with E-state index in [1.165, 1.54) is 0 Å². The van der Waals surface area contributed by atoms with E-state index >= 15 is 0 Å². The third-order valence-electron chi connectivity index (χ3n) is 3.94. The minimum absolute atomic E-state index is 0.00195. The maximum Gasteiger partial charge on any atom is 0.322 e. The smallest absolute Gasteiger partial charge is 0.322 e. The monoisotopic (exact) mass is 367 g/mol. The summed E-state index contributed by atoms with van der Waals surface area (Å²) in [4.78, 5) is 14.5. The lowest BCUT2D eigenvalue weighted by atomic mass is 10.2. The number of hydrogen-bond donors (Lipinski definition) is 1. The lowest BCUT2D eigenvalue weighted by Crippen LogP contribution is -2.35. The van der Waals surface area contributed by atoms with Crippen LogP contribution in [0.15, 0.2) is 54.6 Å². The maximum absolute atomic E-state index is 12.7. The number of hydrogen-bond acceptors (Lipinski definition) is 4. The van der Waals surface area contributed by atoms with Crippen molar-refractivity contribution in [3.8, 4) is 11.8 Å². The lowest BCUT2D eigenvalue weighted by Gasteiger charge is -2.23. The fourth-order valence-electron chi connectivity index (χ4n) is 2.56. The molecule has 0 aliphatic carbocycles. The van der Waals surface area contributed by atoms with Crippen LogP contribution in [0.4, 0.5) is 10.5 Å². The molecule has 6 heteroatoms. The van der Waals surface area contributed by atoms with E-state index in [4.69, 9.17) is 14.7 Å². The number of carbonyl (C=O) groups is 1. The Labute approximate surface area is 160 Å². The normalized spacial score (nSPS) is 10.1. The molecule has 0 saturated heterocycles. The number of rotatable bonds is 10. The summed E-state index contributed by atoms with van der Waals surface area (Å²) in [6, 6.07) is 18.7. The number of nitrogens with one attached hydrogen (secondary N) is 1. The second-order valence-corrected chi connectivity index (χ2v) is 6.01. The van der Waals surface area contributed by atoms with Crippen molar-refractivity contribution in [2.45, 2.75) is 19.4 Å². The first-order valence-electron chi connectivity index (χ1n) is 8.91.